The lowest BCUT2D eigenvalue weighted by Gasteiger charge is -2.27. The lowest BCUT2D eigenvalue weighted by atomic mass is 9.84. The molecule has 0 radical (unpaired) electrons. The maximum absolute atomic E-state index is 12.6. The van der Waals surface area contributed by atoms with Crippen molar-refractivity contribution in [3.05, 3.63) is 0 Å². The predicted molar refractivity (Wildman–Crippen MR) is 107 cm³/mol. The molecule has 0 spiro atoms. The molecule has 1 aliphatic carbocycles. The number of guanidine groups is 1. The first-order valence-electron chi connectivity index (χ1n) is 10.2. The molecule has 1 aliphatic rings. The van der Waals surface area contributed by atoms with Gasteiger partial charge in [-0.15, -0.1) is 0 Å². The average molecular weight is 367 g/mol. The van der Waals surface area contributed by atoms with Crippen molar-refractivity contribution in [3.8, 4) is 0 Å². The second-order valence-corrected chi connectivity index (χ2v) is 8.40. The van der Waals surface area contributed by atoms with E-state index in [0.29, 0.717) is 30.7 Å². The summed E-state index contributed by atoms with van der Waals surface area (Å²) >= 11 is 0. The van der Waals surface area contributed by atoms with Gasteiger partial charge in [0.15, 0.2) is 5.96 Å². The van der Waals surface area contributed by atoms with E-state index in [-0.39, 0.29) is 17.8 Å². The zero-order chi connectivity index (χ0) is 19.5. The van der Waals surface area contributed by atoms with Crippen molar-refractivity contribution in [1.82, 2.24) is 10.6 Å². The number of carbonyl (C=O) groups excluding carboxylic acids is 2. The summed E-state index contributed by atoms with van der Waals surface area (Å²) in [5.74, 6) is 1.12. The Kier molecular flexibility index (Phi) is 10.3. The van der Waals surface area contributed by atoms with E-state index in [1.54, 1.807) is 0 Å². The van der Waals surface area contributed by atoms with Crippen molar-refractivity contribution in [2.24, 2.45) is 28.5 Å². The van der Waals surface area contributed by atoms with E-state index in [1.807, 2.05) is 0 Å². The molecule has 2 amide bonds. The molecule has 0 aliphatic heterocycles. The molecule has 6 heteroatoms. The quantitative estimate of drug-likeness (QED) is 0.432. The van der Waals surface area contributed by atoms with E-state index in [0.717, 1.165) is 25.7 Å². The van der Waals surface area contributed by atoms with Crippen LogP contribution in [0.1, 0.15) is 79.1 Å². The Morgan fingerprint density at radius 2 is 1.73 bits per heavy atom. The van der Waals surface area contributed by atoms with Crippen molar-refractivity contribution in [1.29, 1.82) is 0 Å². The molecular formula is C20H38N4O2. The summed E-state index contributed by atoms with van der Waals surface area (Å²) < 4.78 is 0. The fourth-order valence-corrected chi connectivity index (χ4v) is 3.23. The van der Waals surface area contributed by atoms with E-state index in [2.05, 4.69) is 43.3 Å². The van der Waals surface area contributed by atoms with Crippen LogP contribution in [0.15, 0.2) is 4.99 Å². The molecule has 1 saturated carbocycles. The van der Waals surface area contributed by atoms with Gasteiger partial charge in [0, 0.05) is 13.0 Å². The fraction of sp³-hybridized carbons (Fsp3) is 0.850. The number of hydrogen-bond acceptors (Lipinski definition) is 2. The molecule has 1 rings (SSSR count). The van der Waals surface area contributed by atoms with E-state index in [9.17, 15) is 9.59 Å². The highest BCUT2D eigenvalue weighted by atomic mass is 16.2. The van der Waals surface area contributed by atoms with Crippen LogP contribution >= 0.6 is 0 Å². The molecule has 0 saturated heterocycles. The van der Waals surface area contributed by atoms with Crippen LogP contribution in [-0.4, -0.2) is 30.4 Å². The van der Waals surface area contributed by atoms with Crippen LogP contribution < -0.4 is 16.4 Å². The van der Waals surface area contributed by atoms with E-state index in [4.69, 9.17) is 5.73 Å². The van der Waals surface area contributed by atoms with Crippen molar-refractivity contribution < 1.29 is 9.59 Å². The molecule has 0 aromatic heterocycles. The summed E-state index contributed by atoms with van der Waals surface area (Å²) in [6, 6.07) is -0.432. The van der Waals surface area contributed by atoms with Gasteiger partial charge in [0.25, 0.3) is 0 Å². The molecule has 150 valence electrons. The number of nitrogens with one attached hydrogen (secondary N) is 2. The van der Waals surface area contributed by atoms with Crippen LogP contribution in [0.25, 0.3) is 0 Å². The zero-order valence-corrected chi connectivity index (χ0v) is 17.0. The van der Waals surface area contributed by atoms with Crippen LogP contribution in [0.3, 0.4) is 0 Å². The normalized spacial score (nSPS) is 17.4. The molecule has 0 aromatic carbocycles. The third kappa shape index (κ3) is 9.78. The number of nitrogens with two attached hydrogens (primary N) is 1. The number of hydrogen-bond donors (Lipinski definition) is 3. The van der Waals surface area contributed by atoms with Crippen LogP contribution in [0.4, 0.5) is 0 Å². The molecule has 1 unspecified atom stereocenters. The maximum Gasteiger partial charge on any atom is 0.248 e. The highest BCUT2D eigenvalue weighted by molar-refractivity contribution is 5.95. The molecule has 26 heavy (non-hydrogen) atoms. The molecule has 0 aromatic rings. The Balaban J connectivity index is 2.66. The molecular weight excluding hydrogens is 328 g/mol. The number of amides is 2. The van der Waals surface area contributed by atoms with Gasteiger partial charge in [-0.05, 0) is 30.6 Å². The number of rotatable bonds is 9. The smallest absolute Gasteiger partial charge is 0.248 e. The minimum atomic E-state index is -0.432. The van der Waals surface area contributed by atoms with Gasteiger partial charge in [-0.25, -0.2) is 0 Å². The zero-order valence-electron chi connectivity index (χ0n) is 17.0. The van der Waals surface area contributed by atoms with E-state index in [1.165, 1.54) is 19.3 Å². The largest absolute Gasteiger partial charge is 0.370 e. The van der Waals surface area contributed by atoms with Crippen LogP contribution in [0.2, 0.25) is 0 Å². The highest BCUT2D eigenvalue weighted by Gasteiger charge is 2.25. The van der Waals surface area contributed by atoms with Gasteiger partial charge < -0.3 is 16.4 Å². The standard InChI is InChI=1S/C20H38N4O2/c1-14(2)10-11-18(25)24-20(21)23-17(19(26)22-13-15(3)4)12-16-8-6-5-7-9-16/h14-17H,5-13H2,1-4H3,(H,22,26)(H3,21,23,24,25). The topological polar surface area (TPSA) is 96.6 Å². The Morgan fingerprint density at radius 1 is 1.08 bits per heavy atom. The fourth-order valence-electron chi connectivity index (χ4n) is 3.23. The summed E-state index contributed by atoms with van der Waals surface area (Å²) in [6.45, 7) is 8.89. The third-order valence-corrected chi connectivity index (χ3v) is 4.80. The minimum absolute atomic E-state index is 0.0549. The Bertz CT molecular complexity index is 468. The lowest BCUT2D eigenvalue weighted by molar-refractivity contribution is -0.123. The molecule has 0 bridgehead atoms. The molecule has 1 fully saturated rings. The maximum atomic E-state index is 12.6. The molecule has 0 heterocycles. The van der Waals surface area contributed by atoms with Crippen LogP contribution in [0, 0.1) is 17.8 Å². The highest BCUT2D eigenvalue weighted by Crippen LogP contribution is 2.27. The molecule has 1 atom stereocenters. The lowest BCUT2D eigenvalue weighted by Crippen LogP contribution is -2.50. The monoisotopic (exact) mass is 366 g/mol. The second kappa shape index (κ2) is 11.9. The minimum Gasteiger partial charge on any atom is -0.370 e. The van der Waals surface area contributed by atoms with Crippen molar-refractivity contribution in [2.75, 3.05) is 6.54 Å². The third-order valence-electron chi connectivity index (χ3n) is 4.80. The second-order valence-electron chi connectivity index (χ2n) is 8.40. The first-order chi connectivity index (χ1) is 12.3. The van der Waals surface area contributed by atoms with E-state index >= 15 is 0 Å². The Labute approximate surface area is 158 Å². The SMILES string of the molecule is CC(C)CCC(=O)N=C(N)NC(CC1CCCCC1)C(=O)NCC(C)C. The van der Waals surface area contributed by atoms with E-state index < -0.39 is 6.04 Å². The summed E-state index contributed by atoms with van der Waals surface area (Å²) in [5, 5.41) is 5.97. The molecule has 6 nitrogen and oxygen atoms in total. The summed E-state index contributed by atoms with van der Waals surface area (Å²) in [5.41, 5.74) is 5.92. The number of carbonyl (C=O) groups is 2. The summed E-state index contributed by atoms with van der Waals surface area (Å²) in [4.78, 5) is 28.4. The van der Waals surface area contributed by atoms with Crippen LogP contribution in [0.5, 0.6) is 0 Å². The van der Waals surface area contributed by atoms with Gasteiger partial charge >= 0.3 is 0 Å². The van der Waals surface area contributed by atoms with Gasteiger partial charge in [-0.3, -0.25) is 9.59 Å². The molecule has 4 N–H and O–H groups in total. The summed E-state index contributed by atoms with van der Waals surface area (Å²) in [7, 11) is 0. The van der Waals surface area contributed by atoms with Gasteiger partial charge in [0.2, 0.25) is 11.8 Å². The van der Waals surface area contributed by atoms with Crippen molar-refractivity contribution >= 4 is 17.8 Å². The first kappa shape index (κ1) is 22.5. The van der Waals surface area contributed by atoms with Gasteiger partial charge in [0.1, 0.15) is 6.04 Å². The Morgan fingerprint density at radius 3 is 2.31 bits per heavy atom. The van der Waals surface area contributed by atoms with Gasteiger partial charge in [-0.1, -0.05) is 59.8 Å². The summed E-state index contributed by atoms with van der Waals surface area (Å²) in [6.07, 6.45) is 7.94. The first-order valence-corrected chi connectivity index (χ1v) is 10.2. The van der Waals surface area contributed by atoms with Gasteiger partial charge in [0.05, 0.1) is 0 Å². The van der Waals surface area contributed by atoms with Crippen molar-refractivity contribution in [2.45, 2.75) is 85.1 Å². The number of aliphatic imine (C=N–C) groups is 1. The Hall–Kier alpha value is -1.59. The van der Waals surface area contributed by atoms with Crippen LogP contribution in [-0.2, 0) is 9.59 Å². The van der Waals surface area contributed by atoms with Crippen molar-refractivity contribution in [3.63, 3.8) is 0 Å². The number of nitrogens with zero attached hydrogens (tertiary/aromatic N) is 1. The van der Waals surface area contributed by atoms with Gasteiger partial charge in [-0.2, -0.15) is 4.99 Å². The predicted octanol–water partition coefficient (Wildman–Crippen LogP) is 2.96. The average Bonchev–Trinajstić information content (AvgIpc) is 2.58.